The first-order chi connectivity index (χ1) is 7.33. The van der Waals surface area contributed by atoms with Gasteiger partial charge in [-0.05, 0) is 19.9 Å². The summed E-state index contributed by atoms with van der Waals surface area (Å²) in [6, 6.07) is 1.14. The average Bonchev–Trinajstić information content (AvgIpc) is 3.10. The van der Waals surface area contributed by atoms with Crippen molar-refractivity contribution in [2.75, 3.05) is 46.4 Å². The van der Waals surface area contributed by atoms with Gasteiger partial charge in [-0.1, -0.05) is 0 Å². The minimum Gasteiger partial charge on any atom is -0.395 e. The third-order valence-electron chi connectivity index (χ3n) is 3.58. The molecular weight excluding hydrogens is 190 g/mol. The van der Waals surface area contributed by atoms with Gasteiger partial charge in [-0.15, -0.1) is 0 Å². The fourth-order valence-corrected chi connectivity index (χ4v) is 2.30. The zero-order valence-corrected chi connectivity index (χ0v) is 9.65. The number of rotatable bonds is 5. The van der Waals surface area contributed by atoms with Crippen LogP contribution < -0.4 is 5.32 Å². The SMILES string of the molecule is CNC(CO)CN1CCN(C2CC2)CC1. The van der Waals surface area contributed by atoms with Crippen LogP contribution >= 0.6 is 0 Å². The Labute approximate surface area is 92.2 Å². The van der Waals surface area contributed by atoms with E-state index in [4.69, 9.17) is 5.11 Å². The van der Waals surface area contributed by atoms with Crippen LogP contribution in [0, 0.1) is 0 Å². The lowest BCUT2D eigenvalue weighted by molar-refractivity contribution is 0.107. The van der Waals surface area contributed by atoms with E-state index >= 15 is 0 Å². The molecule has 88 valence electrons. The molecule has 1 saturated carbocycles. The number of nitrogens with one attached hydrogen (secondary N) is 1. The Hall–Kier alpha value is -0.160. The predicted molar refractivity (Wildman–Crippen MR) is 61.0 cm³/mol. The maximum atomic E-state index is 9.11. The quantitative estimate of drug-likeness (QED) is 0.636. The standard InChI is InChI=1S/C11H23N3O/c1-12-10(9-15)8-13-4-6-14(7-5-13)11-2-3-11/h10-12,15H,2-9H2,1H3. The Morgan fingerprint density at radius 3 is 2.40 bits per heavy atom. The summed E-state index contributed by atoms with van der Waals surface area (Å²) < 4.78 is 0. The van der Waals surface area contributed by atoms with Crippen LogP contribution in [0.2, 0.25) is 0 Å². The van der Waals surface area contributed by atoms with Gasteiger partial charge in [-0.3, -0.25) is 9.80 Å². The van der Waals surface area contributed by atoms with Crippen molar-refractivity contribution in [1.82, 2.24) is 15.1 Å². The number of hydrogen-bond donors (Lipinski definition) is 2. The molecule has 0 radical (unpaired) electrons. The second-order valence-electron chi connectivity index (χ2n) is 4.74. The second-order valence-corrected chi connectivity index (χ2v) is 4.74. The summed E-state index contributed by atoms with van der Waals surface area (Å²) in [4.78, 5) is 5.07. The highest BCUT2D eigenvalue weighted by atomic mass is 16.3. The lowest BCUT2D eigenvalue weighted by Gasteiger charge is -2.36. The van der Waals surface area contributed by atoms with E-state index in [2.05, 4.69) is 15.1 Å². The highest BCUT2D eigenvalue weighted by Crippen LogP contribution is 2.27. The molecule has 0 spiro atoms. The molecule has 0 aromatic rings. The van der Waals surface area contributed by atoms with E-state index in [1.54, 1.807) is 0 Å². The van der Waals surface area contributed by atoms with Crippen LogP contribution in [0.3, 0.4) is 0 Å². The molecule has 0 aromatic heterocycles. The molecule has 1 atom stereocenters. The van der Waals surface area contributed by atoms with Crippen molar-refractivity contribution in [3.63, 3.8) is 0 Å². The van der Waals surface area contributed by atoms with Crippen LogP contribution in [0.15, 0.2) is 0 Å². The van der Waals surface area contributed by atoms with E-state index in [0.717, 1.165) is 25.7 Å². The Bertz CT molecular complexity index is 184. The maximum absolute atomic E-state index is 9.11. The molecule has 2 fully saturated rings. The summed E-state index contributed by atoms with van der Waals surface area (Å²) in [6.45, 7) is 5.97. The molecule has 2 rings (SSSR count). The van der Waals surface area contributed by atoms with Crippen LogP contribution in [0.1, 0.15) is 12.8 Å². The first-order valence-electron chi connectivity index (χ1n) is 6.08. The number of likely N-dealkylation sites (N-methyl/N-ethyl adjacent to an activating group) is 1. The van der Waals surface area contributed by atoms with Gasteiger partial charge in [0, 0.05) is 44.8 Å². The van der Waals surface area contributed by atoms with Crippen molar-refractivity contribution in [3.05, 3.63) is 0 Å². The molecule has 1 saturated heterocycles. The molecule has 1 heterocycles. The highest BCUT2D eigenvalue weighted by Gasteiger charge is 2.31. The van der Waals surface area contributed by atoms with Gasteiger partial charge in [0.25, 0.3) is 0 Å². The average molecular weight is 213 g/mol. The minimum absolute atomic E-state index is 0.234. The molecule has 1 aliphatic carbocycles. The number of piperazine rings is 1. The van der Waals surface area contributed by atoms with Crippen molar-refractivity contribution in [2.45, 2.75) is 24.9 Å². The Kier molecular flexibility index (Phi) is 3.97. The third kappa shape index (κ3) is 3.14. The van der Waals surface area contributed by atoms with Gasteiger partial charge >= 0.3 is 0 Å². The molecule has 2 aliphatic rings. The van der Waals surface area contributed by atoms with E-state index in [9.17, 15) is 0 Å². The van der Waals surface area contributed by atoms with Gasteiger partial charge in [0.1, 0.15) is 0 Å². The van der Waals surface area contributed by atoms with Gasteiger partial charge in [0.15, 0.2) is 0 Å². The lowest BCUT2D eigenvalue weighted by Crippen LogP contribution is -2.51. The van der Waals surface area contributed by atoms with E-state index in [0.29, 0.717) is 0 Å². The maximum Gasteiger partial charge on any atom is 0.0597 e. The van der Waals surface area contributed by atoms with Gasteiger partial charge < -0.3 is 10.4 Å². The van der Waals surface area contributed by atoms with E-state index < -0.39 is 0 Å². The first-order valence-corrected chi connectivity index (χ1v) is 6.08. The molecule has 0 aromatic carbocycles. The topological polar surface area (TPSA) is 38.7 Å². The predicted octanol–water partition coefficient (Wildman–Crippen LogP) is -0.653. The van der Waals surface area contributed by atoms with Gasteiger partial charge in [0.2, 0.25) is 0 Å². The molecule has 4 heteroatoms. The number of aliphatic hydroxyl groups is 1. The summed E-state index contributed by atoms with van der Waals surface area (Å²) >= 11 is 0. The van der Waals surface area contributed by atoms with Crippen molar-refractivity contribution < 1.29 is 5.11 Å². The van der Waals surface area contributed by atoms with Gasteiger partial charge in [-0.25, -0.2) is 0 Å². The molecule has 1 aliphatic heterocycles. The van der Waals surface area contributed by atoms with Crippen molar-refractivity contribution in [1.29, 1.82) is 0 Å². The molecule has 15 heavy (non-hydrogen) atoms. The summed E-state index contributed by atoms with van der Waals surface area (Å²) in [5.74, 6) is 0. The Balaban J connectivity index is 1.68. The van der Waals surface area contributed by atoms with Gasteiger partial charge in [0.05, 0.1) is 6.61 Å². The normalized spacial score (nSPS) is 26.8. The van der Waals surface area contributed by atoms with Crippen LogP contribution in [-0.2, 0) is 0 Å². The van der Waals surface area contributed by atoms with Gasteiger partial charge in [-0.2, -0.15) is 0 Å². The third-order valence-corrected chi connectivity index (χ3v) is 3.58. The molecular formula is C11H23N3O. The minimum atomic E-state index is 0.234. The monoisotopic (exact) mass is 213 g/mol. The van der Waals surface area contributed by atoms with Crippen LogP contribution in [0.25, 0.3) is 0 Å². The summed E-state index contributed by atoms with van der Waals surface area (Å²) in [6.07, 6.45) is 2.82. The molecule has 2 N–H and O–H groups in total. The fraction of sp³-hybridized carbons (Fsp3) is 1.00. The molecule has 4 nitrogen and oxygen atoms in total. The molecule has 0 amide bonds. The van der Waals surface area contributed by atoms with E-state index in [1.807, 2.05) is 7.05 Å². The van der Waals surface area contributed by atoms with E-state index in [-0.39, 0.29) is 12.6 Å². The van der Waals surface area contributed by atoms with Crippen LogP contribution in [0.4, 0.5) is 0 Å². The zero-order chi connectivity index (χ0) is 10.7. The van der Waals surface area contributed by atoms with E-state index in [1.165, 1.54) is 25.9 Å². The fourth-order valence-electron chi connectivity index (χ4n) is 2.30. The molecule has 1 unspecified atom stereocenters. The van der Waals surface area contributed by atoms with Crippen molar-refractivity contribution in [2.24, 2.45) is 0 Å². The van der Waals surface area contributed by atoms with Crippen molar-refractivity contribution in [3.8, 4) is 0 Å². The second kappa shape index (κ2) is 5.25. The van der Waals surface area contributed by atoms with Crippen LogP contribution in [0.5, 0.6) is 0 Å². The number of nitrogens with zero attached hydrogens (tertiary/aromatic N) is 2. The smallest absolute Gasteiger partial charge is 0.0597 e. The number of hydrogen-bond acceptors (Lipinski definition) is 4. The highest BCUT2D eigenvalue weighted by molar-refractivity contribution is 4.88. The zero-order valence-electron chi connectivity index (χ0n) is 9.65. The Morgan fingerprint density at radius 1 is 1.27 bits per heavy atom. The lowest BCUT2D eigenvalue weighted by atomic mass is 10.2. The Morgan fingerprint density at radius 2 is 1.93 bits per heavy atom. The molecule has 0 bridgehead atoms. The van der Waals surface area contributed by atoms with Crippen LogP contribution in [-0.4, -0.2) is 73.4 Å². The first kappa shape index (κ1) is 11.3. The summed E-state index contributed by atoms with van der Waals surface area (Å²) in [5, 5.41) is 12.2. The van der Waals surface area contributed by atoms with Crippen molar-refractivity contribution >= 4 is 0 Å². The largest absolute Gasteiger partial charge is 0.395 e. The summed E-state index contributed by atoms with van der Waals surface area (Å²) in [7, 11) is 1.92. The number of aliphatic hydroxyl groups excluding tert-OH is 1. The summed E-state index contributed by atoms with van der Waals surface area (Å²) in [5.41, 5.74) is 0.